The molecule has 2 aromatic rings. The Hall–Kier alpha value is -2.60. The molecule has 0 bridgehead atoms. The quantitative estimate of drug-likeness (QED) is 0.842. The first-order valence-electron chi connectivity index (χ1n) is 8.90. The minimum Gasteiger partial charge on any atom is -0.354 e. The molecule has 4 rings (SSSR count). The van der Waals surface area contributed by atoms with Crippen molar-refractivity contribution in [3.8, 4) is 0 Å². The highest BCUT2D eigenvalue weighted by molar-refractivity contribution is 6.31. The standard InChI is InChI=1S/C20H19ClFN3O2/c1-24-17-10-12(19(26)23-16-11-13(21)6-8-15(16)22)5-7-14(17)20(27)25-9-3-2-4-18(24)25/h5-8,10-11,18H,2-4,9H2,1H3,(H,23,26). The third-order valence-electron chi connectivity index (χ3n) is 5.23. The van der Waals surface area contributed by atoms with Gasteiger partial charge in [-0.1, -0.05) is 11.6 Å². The Morgan fingerprint density at radius 1 is 1.22 bits per heavy atom. The predicted molar refractivity (Wildman–Crippen MR) is 103 cm³/mol. The lowest BCUT2D eigenvalue weighted by Gasteiger charge is -2.46. The highest BCUT2D eigenvalue weighted by atomic mass is 35.5. The van der Waals surface area contributed by atoms with Crippen LogP contribution in [-0.2, 0) is 0 Å². The van der Waals surface area contributed by atoms with Gasteiger partial charge in [-0.2, -0.15) is 0 Å². The van der Waals surface area contributed by atoms with Gasteiger partial charge in [-0.3, -0.25) is 9.59 Å². The van der Waals surface area contributed by atoms with E-state index in [0.29, 0.717) is 16.1 Å². The molecule has 27 heavy (non-hydrogen) atoms. The van der Waals surface area contributed by atoms with Crippen molar-refractivity contribution < 1.29 is 14.0 Å². The minimum atomic E-state index is -0.559. The number of carbonyl (C=O) groups is 2. The minimum absolute atomic E-state index is 0.000596. The molecule has 2 amide bonds. The average molecular weight is 388 g/mol. The third kappa shape index (κ3) is 3.14. The van der Waals surface area contributed by atoms with Gasteiger partial charge in [-0.05, 0) is 55.7 Å². The van der Waals surface area contributed by atoms with Gasteiger partial charge in [0.15, 0.2) is 0 Å². The second kappa shape index (κ2) is 6.85. The van der Waals surface area contributed by atoms with Crippen LogP contribution in [0.15, 0.2) is 36.4 Å². The third-order valence-corrected chi connectivity index (χ3v) is 5.46. The number of amides is 2. The van der Waals surface area contributed by atoms with Crippen LogP contribution in [0.1, 0.15) is 40.0 Å². The molecular weight excluding hydrogens is 369 g/mol. The molecule has 2 aliphatic rings. The molecule has 0 aromatic heterocycles. The van der Waals surface area contributed by atoms with Gasteiger partial charge in [0, 0.05) is 24.2 Å². The SMILES string of the molecule is CN1c2cc(C(=O)Nc3cc(Cl)ccc3F)ccc2C(=O)N2CCCCC21. The fourth-order valence-corrected chi connectivity index (χ4v) is 3.97. The molecule has 1 atom stereocenters. The molecule has 140 valence electrons. The van der Waals surface area contributed by atoms with E-state index in [9.17, 15) is 14.0 Å². The zero-order valence-corrected chi connectivity index (χ0v) is 15.6. The van der Waals surface area contributed by atoms with Gasteiger partial charge < -0.3 is 15.1 Å². The number of rotatable bonds is 2. The first-order chi connectivity index (χ1) is 13.0. The molecule has 1 fully saturated rings. The van der Waals surface area contributed by atoms with Crippen molar-refractivity contribution in [1.29, 1.82) is 0 Å². The molecule has 2 aliphatic heterocycles. The second-order valence-electron chi connectivity index (χ2n) is 6.90. The van der Waals surface area contributed by atoms with E-state index < -0.39 is 11.7 Å². The number of benzene rings is 2. The maximum absolute atomic E-state index is 13.9. The summed E-state index contributed by atoms with van der Waals surface area (Å²) in [7, 11) is 1.94. The number of carbonyl (C=O) groups excluding carboxylic acids is 2. The van der Waals surface area contributed by atoms with Crippen LogP contribution in [-0.4, -0.2) is 36.5 Å². The summed E-state index contributed by atoms with van der Waals surface area (Å²) in [5, 5.41) is 2.88. The molecule has 0 radical (unpaired) electrons. The van der Waals surface area contributed by atoms with Gasteiger partial charge >= 0.3 is 0 Å². The number of nitrogens with one attached hydrogen (secondary N) is 1. The summed E-state index contributed by atoms with van der Waals surface area (Å²) < 4.78 is 13.9. The van der Waals surface area contributed by atoms with Crippen LogP contribution in [0.2, 0.25) is 5.02 Å². The summed E-state index contributed by atoms with van der Waals surface area (Å²) in [5.74, 6) is -1.01. The van der Waals surface area contributed by atoms with Crippen molar-refractivity contribution in [2.75, 3.05) is 23.8 Å². The summed E-state index contributed by atoms with van der Waals surface area (Å²) >= 11 is 5.87. The zero-order valence-electron chi connectivity index (χ0n) is 14.8. The normalized spacial score (nSPS) is 18.8. The van der Waals surface area contributed by atoms with Crippen LogP contribution in [0.3, 0.4) is 0 Å². The number of hydrogen-bond acceptors (Lipinski definition) is 3. The Bertz CT molecular complexity index is 933. The van der Waals surface area contributed by atoms with Crippen molar-refractivity contribution in [1.82, 2.24) is 4.90 Å². The van der Waals surface area contributed by atoms with E-state index in [0.717, 1.165) is 31.5 Å². The Kier molecular flexibility index (Phi) is 4.52. The summed E-state index contributed by atoms with van der Waals surface area (Å²) in [6, 6.07) is 8.94. The fraction of sp³-hybridized carbons (Fsp3) is 0.300. The van der Waals surface area contributed by atoms with Crippen molar-refractivity contribution in [3.05, 3.63) is 58.4 Å². The second-order valence-corrected chi connectivity index (χ2v) is 7.33. The highest BCUT2D eigenvalue weighted by Gasteiger charge is 2.37. The predicted octanol–water partition coefficient (Wildman–Crippen LogP) is 4.13. The largest absolute Gasteiger partial charge is 0.354 e. The molecular formula is C20H19ClFN3O2. The number of halogens is 2. The van der Waals surface area contributed by atoms with Gasteiger partial charge in [0.2, 0.25) is 0 Å². The van der Waals surface area contributed by atoms with Gasteiger partial charge in [-0.15, -0.1) is 0 Å². The molecule has 2 heterocycles. The van der Waals surface area contributed by atoms with E-state index in [-0.39, 0.29) is 17.8 Å². The molecule has 7 heteroatoms. The highest BCUT2D eigenvalue weighted by Crippen LogP contribution is 2.35. The lowest BCUT2D eigenvalue weighted by molar-refractivity contribution is 0.0589. The van der Waals surface area contributed by atoms with Crippen molar-refractivity contribution in [2.45, 2.75) is 25.4 Å². The topological polar surface area (TPSA) is 52.7 Å². The van der Waals surface area contributed by atoms with Crippen LogP contribution in [0, 0.1) is 5.82 Å². The number of hydrogen-bond donors (Lipinski definition) is 1. The Morgan fingerprint density at radius 2 is 2.04 bits per heavy atom. The number of piperidine rings is 1. The van der Waals surface area contributed by atoms with Crippen molar-refractivity contribution >= 4 is 34.8 Å². The van der Waals surface area contributed by atoms with Crippen LogP contribution in [0.4, 0.5) is 15.8 Å². The van der Waals surface area contributed by atoms with Crippen molar-refractivity contribution in [3.63, 3.8) is 0 Å². The van der Waals surface area contributed by atoms with Gasteiger partial charge in [0.05, 0.1) is 16.9 Å². The van der Waals surface area contributed by atoms with Crippen LogP contribution >= 0.6 is 11.6 Å². The molecule has 0 saturated carbocycles. The first kappa shape index (κ1) is 17.8. The summed E-state index contributed by atoms with van der Waals surface area (Å²) in [5.41, 5.74) is 1.69. The summed E-state index contributed by atoms with van der Waals surface area (Å²) in [4.78, 5) is 29.3. The maximum atomic E-state index is 13.9. The average Bonchev–Trinajstić information content (AvgIpc) is 2.68. The van der Waals surface area contributed by atoms with E-state index in [1.165, 1.54) is 18.2 Å². The maximum Gasteiger partial charge on any atom is 0.257 e. The molecule has 1 unspecified atom stereocenters. The molecule has 0 aliphatic carbocycles. The molecule has 1 saturated heterocycles. The van der Waals surface area contributed by atoms with Crippen LogP contribution in [0.25, 0.3) is 0 Å². The fourth-order valence-electron chi connectivity index (χ4n) is 3.80. The zero-order chi connectivity index (χ0) is 19.1. The van der Waals surface area contributed by atoms with Gasteiger partial charge in [-0.25, -0.2) is 4.39 Å². The van der Waals surface area contributed by atoms with Gasteiger partial charge in [0.1, 0.15) is 12.0 Å². The lowest BCUT2D eigenvalue weighted by Crippen LogP contribution is -2.55. The summed E-state index contributed by atoms with van der Waals surface area (Å²) in [6.07, 6.45) is 3.01. The number of nitrogens with zero attached hydrogens (tertiary/aromatic N) is 2. The van der Waals surface area contributed by atoms with Crippen LogP contribution in [0.5, 0.6) is 0 Å². The van der Waals surface area contributed by atoms with E-state index in [4.69, 9.17) is 11.6 Å². The van der Waals surface area contributed by atoms with Gasteiger partial charge in [0.25, 0.3) is 11.8 Å². The Morgan fingerprint density at radius 3 is 2.85 bits per heavy atom. The summed E-state index contributed by atoms with van der Waals surface area (Å²) in [6.45, 7) is 0.754. The molecule has 0 spiro atoms. The number of anilines is 2. The molecule has 5 nitrogen and oxygen atoms in total. The van der Waals surface area contributed by atoms with Crippen molar-refractivity contribution in [2.24, 2.45) is 0 Å². The molecule has 2 aromatic carbocycles. The molecule has 1 N–H and O–H groups in total. The Labute approximate surface area is 161 Å². The van der Waals surface area contributed by atoms with E-state index in [2.05, 4.69) is 5.32 Å². The first-order valence-corrected chi connectivity index (χ1v) is 9.28. The van der Waals surface area contributed by atoms with E-state index >= 15 is 0 Å². The van der Waals surface area contributed by atoms with Crippen LogP contribution < -0.4 is 10.2 Å². The smallest absolute Gasteiger partial charge is 0.257 e. The Balaban J connectivity index is 1.64. The van der Waals surface area contributed by atoms with E-state index in [1.807, 2.05) is 16.8 Å². The lowest BCUT2D eigenvalue weighted by atomic mass is 9.97. The monoisotopic (exact) mass is 387 g/mol. The number of fused-ring (bicyclic) bond motifs is 2. The van der Waals surface area contributed by atoms with E-state index in [1.54, 1.807) is 18.2 Å².